The molecule has 0 saturated heterocycles. The predicted octanol–water partition coefficient (Wildman–Crippen LogP) is 0.110. The van der Waals surface area contributed by atoms with E-state index in [1.807, 2.05) is 0 Å². The SMILES string of the molecule is Cl.[2H]C(N)(C(=O)O)C([2H])([2H])C([2H])([2H])P(=O)(O)C([2H])([2H])[2H]. The van der Waals surface area contributed by atoms with Gasteiger partial charge in [-0.2, -0.15) is 0 Å². The van der Waals surface area contributed by atoms with E-state index in [9.17, 15) is 14.3 Å². The molecule has 0 aromatic heterocycles. The maximum Gasteiger partial charge on any atom is 0.320 e. The highest BCUT2D eigenvalue weighted by Crippen LogP contribution is 2.35. The van der Waals surface area contributed by atoms with Crippen molar-refractivity contribution in [2.24, 2.45) is 5.73 Å². The lowest BCUT2D eigenvalue weighted by Gasteiger charge is -2.07. The Kier molecular flexibility index (Phi) is 2.04. The Labute approximate surface area is 88.1 Å². The molecule has 0 rings (SSSR count). The maximum absolute atomic E-state index is 11.6. The topological polar surface area (TPSA) is 101 Å². The zero-order valence-corrected chi connectivity index (χ0v) is 7.35. The number of carboxylic acid groups (broad SMARTS) is 1. The van der Waals surface area contributed by atoms with Crippen LogP contribution in [0.3, 0.4) is 0 Å². The fraction of sp³-hybridized carbons (Fsp3) is 0.800. The van der Waals surface area contributed by atoms with E-state index in [1.54, 1.807) is 0 Å². The zero-order chi connectivity index (χ0) is 16.1. The molecule has 0 aliphatic heterocycles. The smallest absolute Gasteiger partial charge is 0.320 e. The molecule has 0 heterocycles. The number of halogens is 1. The van der Waals surface area contributed by atoms with Crippen molar-refractivity contribution in [1.82, 2.24) is 0 Å². The van der Waals surface area contributed by atoms with Crippen molar-refractivity contribution in [1.29, 1.82) is 0 Å². The molecule has 5 nitrogen and oxygen atoms in total. The van der Waals surface area contributed by atoms with Gasteiger partial charge in [-0.05, 0) is 6.37 Å². The van der Waals surface area contributed by atoms with Crippen LogP contribution in [0.25, 0.3) is 0 Å². The van der Waals surface area contributed by atoms with E-state index in [-0.39, 0.29) is 12.4 Å². The minimum absolute atomic E-state index is 0. The second kappa shape index (κ2) is 5.54. The second-order valence-corrected chi connectivity index (χ2v) is 2.91. The summed E-state index contributed by atoms with van der Waals surface area (Å²) in [6.07, 6.45) is -8.01. The Bertz CT molecular complexity index is 437. The summed E-state index contributed by atoms with van der Waals surface area (Å²) < 4.78 is 67.7. The minimum Gasteiger partial charge on any atom is -0.480 e. The van der Waals surface area contributed by atoms with Gasteiger partial charge < -0.3 is 15.7 Å². The summed E-state index contributed by atoms with van der Waals surface area (Å²) in [6.45, 7) is -3.79. The molecule has 0 aliphatic rings. The predicted molar refractivity (Wildman–Crippen MR) is 48.1 cm³/mol. The minimum atomic E-state index is -5.84. The van der Waals surface area contributed by atoms with Crippen LogP contribution in [-0.4, -0.2) is 34.7 Å². The number of carboxylic acids is 1. The van der Waals surface area contributed by atoms with Gasteiger partial charge in [-0.25, -0.2) is 0 Å². The van der Waals surface area contributed by atoms with Crippen LogP contribution in [0.1, 0.15) is 17.3 Å². The van der Waals surface area contributed by atoms with Crippen LogP contribution < -0.4 is 5.73 Å². The van der Waals surface area contributed by atoms with Crippen LogP contribution in [-0.2, 0) is 9.36 Å². The molecule has 4 N–H and O–H groups in total. The van der Waals surface area contributed by atoms with Gasteiger partial charge in [-0.15, -0.1) is 12.4 Å². The standard InChI is InChI=1S/C5H12NO4P.ClH/c1-11(9,10)3-2-4(6)5(7)8;/h4H,2-3,6H2,1H3,(H,7,8)(H,9,10);1H/i1D3,2D2,3D2,4D;. The fourth-order valence-corrected chi connectivity index (χ4v) is 0.461. The van der Waals surface area contributed by atoms with Crippen LogP contribution in [0.5, 0.6) is 0 Å². The number of carbonyl (C=O) groups is 1. The van der Waals surface area contributed by atoms with E-state index < -0.39 is 38.4 Å². The maximum atomic E-state index is 11.6. The van der Waals surface area contributed by atoms with Gasteiger partial charge in [-0.1, -0.05) is 0 Å². The van der Waals surface area contributed by atoms with Crippen molar-refractivity contribution < 1.29 is 30.3 Å². The zero-order valence-electron chi connectivity index (χ0n) is 13.6. The molecule has 0 spiro atoms. The highest BCUT2D eigenvalue weighted by atomic mass is 35.5. The monoisotopic (exact) mass is 225 g/mol. The highest BCUT2D eigenvalue weighted by molar-refractivity contribution is 7.57. The van der Waals surface area contributed by atoms with E-state index in [0.29, 0.717) is 0 Å². The van der Waals surface area contributed by atoms with Gasteiger partial charge in [-0.3, -0.25) is 9.36 Å². The summed E-state index contributed by atoms with van der Waals surface area (Å²) in [5.41, 5.74) is 4.80. The molecule has 0 saturated carbocycles. The number of hydrogen-bond donors (Lipinski definition) is 3. The molecular formula is C5H13ClNO4P. The van der Waals surface area contributed by atoms with Gasteiger partial charge in [0.15, 0.2) is 7.37 Å². The van der Waals surface area contributed by atoms with E-state index in [1.165, 1.54) is 0 Å². The van der Waals surface area contributed by atoms with Gasteiger partial charge in [0.05, 0.1) is 1.37 Å². The summed E-state index contributed by atoms with van der Waals surface area (Å²) in [6, 6.07) is -3.65. The number of rotatable bonds is 4. The van der Waals surface area contributed by atoms with Crippen LogP contribution in [0.4, 0.5) is 0 Å². The summed E-state index contributed by atoms with van der Waals surface area (Å²) in [5.74, 6) is -2.31. The molecule has 2 atom stereocenters. The number of aliphatic carboxylic acids is 1. The largest absolute Gasteiger partial charge is 0.480 e. The summed E-state index contributed by atoms with van der Waals surface area (Å²) >= 11 is 0. The summed E-state index contributed by atoms with van der Waals surface area (Å²) in [7, 11) is -5.84. The van der Waals surface area contributed by atoms with Gasteiger partial charge in [0.1, 0.15) is 6.02 Å². The molecular weight excluding hydrogens is 204 g/mol. The number of hydrogen-bond acceptors (Lipinski definition) is 3. The molecule has 0 radical (unpaired) electrons. The van der Waals surface area contributed by atoms with Crippen molar-refractivity contribution in [2.75, 3.05) is 12.7 Å². The third-order valence-electron chi connectivity index (χ3n) is 0.573. The molecule has 0 bridgehead atoms. The normalized spacial score (nSPS) is 33.2. The first kappa shape index (κ1) is 4.42. The molecule has 7 heteroatoms. The van der Waals surface area contributed by atoms with E-state index >= 15 is 0 Å². The summed E-state index contributed by atoms with van der Waals surface area (Å²) in [4.78, 5) is 20.0. The van der Waals surface area contributed by atoms with Gasteiger partial charge in [0, 0.05) is 22.3 Å². The van der Waals surface area contributed by atoms with Gasteiger partial charge in [0.2, 0.25) is 0 Å². The first-order valence-electron chi connectivity index (χ1n) is 6.30. The Morgan fingerprint density at radius 1 is 2.00 bits per heavy atom. The third-order valence-corrected chi connectivity index (χ3v) is 0.987. The van der Waals surface area contributed by atoms with Gasteiger partial charge in [0.25, 0.3) is 0 Å². The second-order valence-electron chi connectivity index (χ2n) is 1.53. The van der Waals surface area contributed by atoms with Crippen molar-refractivity contribution in [3.8, 4) is 0 Å². The van der Waals surface area contributed by atoms with Crippen molar-refractivity contribution in [3.05, 3.63) is 0 Å². The lowest BCUT2D eigenvalue weighted by Crippen LogP contribution is -2.30. The lowest BCUT2D eigenvalue weighted by molar-refractivity contribution is -0.138. The Morgan fingerprint density at radius 3 is 2.83 bits per heavy atom. The summed E-state index contributed by atoms with van der Waals surface area (Å²) in [5, 5.41) is 8.58. The fourth-order valence-electron chi connectivity index (χ4n) is 0.189. The van der Waals surface area contributed by atoms with Crippen LogP contribution in [0.15, 0.2) is 0 Å². The molecule has 12 heavy (non-hydrogen) atoms. The molecule has 0 amide bonds. The van der Waals surface area contributed by atoms with E-state index in [0.717, 1.165) is 0 Å². The Morgan fingerprint density at radius 2 is 2.50 bits per heavy atom. The van der Waals surface area contributed by atoms with Gasteiger partial charge >= 0.3 is 5.97 Å². The van der Waals surface area contributed by atoms with E-state index in [2.05, 4.69) is 0 Å². The highest BCUT2D eigenvalue weighted by Gasteiger charge is 2.16. The Hall–Kier alpha value is -0.0900. The lowest BCUT2D eigenvalue weighted by atomic mass is 10.2. The number of nitrogens with two attached hydrogens (primary N) is 1. The average Bonchev–Trinajstić information content (AvgIpc) is 2.14. The van der Waals surface area contributed by atoms with Crippen LogP contribution in [0, 0.1) is 0 Å². The van der Waals surface area contributed by atoms with Crippen LogP contribution >= 0.6 is 19.8 Å². The molecule has 0 fully saturated rings. The molecule has 0 aromatic rings. The molecule has 74 valence electrons. The first-order valence-corrected chi connectivity index (χ1v) is 3.96. The average molecular weight is 226 g/mol. The van der Waals surface area contributed by atoms with Crippen LogP contribution in [0.2, 0.25) is 0 Å². The van der Waals surface area contributed by atoms with E-state index in [4.69, 9.17) is 21.8 Å². The van der Waals surface area contributed by atoms with Crippen molar-refractivity contribution in [3.63, 3.8) is 0 Å². The third kappa shape index (κ3) is 8.01. The first-order chi connectivity index (χ1) is 7.94. The molecule has 0 aliphatic carbocycles. The van der Waals surface area contributed by atoms with Crippen molar-refractivity contribution >= 4 is 25.7 Å². The van der Waals surface area contributed by atoms with Crippen molar-refractivity contribution in [2.45, 2.75) is 12.4 Å². The molecule has 2 unspecified atom stereocenters. The Balaban J connectivity index is 0. The molecule has 0 aromatic carbocycles. The quantitative estimate of drug-likeness (QED) is 0.590.